The van der Waals surface area contributed by atoms with Crippen molar-refractivity contribution in [1.29, 1.82) is 0 Å². The first-order valence-electron chi connectivity index (χ1n) is 8.18. The van der Waals surface area contributed by atoms with Gasteiger partial charge in [0.25, 0.3) is 0 Å². The summed E-state index contributed by atoms with van der Waals surface area (Å²) in [5.74, 6) is 1.80. The molecule has 6 nitrogen and oxygen atoms in total. The molecule has 3 rings (SSSR count). The lowest BCUT2D eigenvalue weighted by Gasteiger charge is -2.12. The number of anilines is 4. The zero-order valence-electron chi connectivity index (χ0n) is 14.6. The van der Waals surface area contributed by atoms with E-state index in [0.717, 1.165) is 22.7 Å². The van der Waals surface area contributed by atoms with E-state index in [1.807, 2.05) is 50.2 Å². The minimum Gasteiger partial charge on any atom is -0.492 e. The minimum atomic E-state index is 0.436. The molecule has 0 bridgehead atoms. The van der Waals surface area contributed by atoms with Crippen molar-refractivity contribution in [3.8, 4) is 5.75 Å². The molecule has 0 radical (unpaired) electrons. The fourth-order valence-electron chi connectivity index (χ4n) is 2.48. The number of ether oxygens (including phenoxy) is 1. The Hall–Kier alpha value is -3.15. The van der Waals surface area contributed by atoms with Crippen LogP contribution in [0.4, 0.5) is 23.1 Å². The third-order valence-corrected chi connectivity index (χ3v) is 3.64. The number of benzene rings is 2. The van der Waals surface area contributed by atoms with Crippen LogP contribution in [0, 0.1) is 13.8 Å². The minimum absolute atomic E-state index is 0.436. The van der Waals surface area contributed by atoms with Crippen LogP contribution in [0.3, 0.4) is 0 Å². The van der Waals surface area contributed by atoms with Gasteiger partial charge in [-0.15, -0.1) is 5.10 Å². The molecule has 0 saturated heterocycles. The van der Waals surface area contributed by atoms with Gasteiger partial charge < -0.3 is 15.4 Å². The van der Waals surface area contributed by atoms with Crippen LogP contribution in [0.5, 0.6) is 5.75 Å². The number of aromatic nitrogens is 3. The highest BCUT2D eigenvalue weighted by atomic mass is 16.5. The Morgan fingerprint density at radius 2 is 1.84 bits per heavy atom. The maximum Gasteiger partial charge on any atom is 0.249 e. The van der Waals surface area contributed by atoms with Gasteiger partial charge in [0.2, 0.25) is 5.95 Å². The van der Waals surface area contributed by atoms with E-state index in [0.29, 0.717) is 18.4 Å². The molecule has 0 atom stereocenters. The Morgan fingerprint density at radius 3 is 2.64 bits per heavy atom. The average Bonchev–Trinajstić information content (AvgIpc) is 2.60. The molecule has 1 heterocycles. The molecule has 6 heteroatoms. The molecular weight excluding hydrogens is 314 g/mol. The van der Waals surface area contributed by atoms with Gasteiger partial charge in [0.1, 0.15) is 5.75 Å². The summed E-state index contributed by atoms with van der Waals surface area (Å²) in [5.41, 5.74) is 4.13. The van der Waals surface area contributed by atoms with E-state index < -0.39 is 0 Å². The normalized spacial score (nSPS) is 10.4. The predicted molar refractivity (Wildman–Crippen MR) is 99.9 cm³/mol. The fraction of sp³-hybridized carbons (Fsp3) is 0.211. The Kier molecular flexibility index (Phi) is 5.09. The molecule has 3 aromatic rings. The predicted octanol–water partition coefficient (Wildman–Crippen LogP) is 4.37. The molecule has 0 fully saturated rings. The highest BCUT2D eigenvalue weighted by molar-refractivity contribution is 5.65. The van der Waals surface area contributed by atoms with E-state index in [1.165, 1.54) is 5.56 Å². The molecule has 0 saturated carbocycles. The molecule has 0 aliphatic carbocycles. The molecular formula is C19H21N5O. The van der Waals surface area contributed by atoms with Gasteiger partial charge in [-0.1, -0.05) is 29.8 Å². The topological polar surface area (TPSA) is 72.0 Å². The van der Waals surface area contributed by atoms with Crippen molar-refractivity contribution in [2.75, 3.05) is 17.2 Å². The van der Waals surface area contributed by atoms with Crippen molar-refractivity contribution in [3.05, 3.63) is 59.8 Å². The largest absolute Gasteiger partial charge is 0.492 e. The Morgan fingerprint density at radius 1 is 1.00 bits per heavy atom. The molecule has 1 aromatic heterocycles. The SMILES string of the molecule is CCOc1ccccc1Nc1cnnc(Nc2ccc(C)cc2C)n1. The van der Waals surface area contributed by atoms with Crippen LogP contribution < -0.4 is 15.4 Å². The highest BCUT2D eigenvalue weighted by Crippen LogP contribution is 2.27. The summed E-state index contributed by atoms with van der Waals surface area (Å²) < 4.78 is 5.62. The average molecular weight is 335 g/mol. The van der Waals surface area contributed by atoms with Gasteiger partial charge in [-0.2, -0.15) is 10.1 Å². The summed E-state index contributed by atoms with van der Waals surface area (Å²) in [6.45, 7) is 6.66. The molecule has 0 aliphatic heterocycles. The third kappa shape index (κ3) is 4.23. The summed E-state index contributed by atoms with van der Waals surface area (Å²) in [4.78, 5) is 4.48. The van der Waals surface area contributed by atoms with Gasteiger partial charge >= 0.3 is 0 Å². The van der Waals surface area contributed by atoms with E-state index in [4.69, 9.17) is 4.74 Å². The quantitative estimate of drug-likeness (QED) is 0.697. The van der Waals surface area contributed by atoms with Crippen LogP contribution >= 0.6 is 0 Å². The van der Waals surface area contributed by atoms with Gasteiger partial charge in [-0.05, 0) is 44.5 Å². The maximum atomic E-state index is 5.62. The molecule has 0 spiro atoms. The van der Waals surface area contributed by atoms with E-state index in [9.17, 15) is 0 Å². The monoisotopic (exact) mass is 335 g/mol. The molecule has 0 amide bonds. The number of nitrogens with one attached hydrogen (secondary N) is 2. The van der Waals surface area contributed by atoms with Crippen molar-refractivity contribution in [3.63, 3.8) is 0 Å². The number of hydrogen-bond donors (Lipinski definition) is 2. The van der Waals surface area contributed by atoms with E-state index in [1.54, 1.807) is 6.20 Å². The molecule has 2 N–H and O–H groups in total. The third-order valence-electron chi connectivity index (χ3n) is 3.64. The van der Waals surface area contributed by atoms with Crippen molar-refractivity contribution in [2.45, 2.75) is 20.8 Å². The standard InChI is InChI=1S/C19H21N5O/c1-4-25-17-8-6-5-7-16(17)21-18-12-20-24-19(23-18)22-15-10-9-13(2)11-14(15)3/h5-12H,4H2,1-3H3,(H2,21,22,23,24). The fourth-order valence-corrected chi connectivity index (χ4v) is 2.48. The maximum absolute atomic E-state index is 5.62. The molecule has 0 unspecified atom stereocenters. The molecule has 25 heavy (non-hydrogen) atoms. The second-order valence-corrected chi connectivity index (χ2v) is 5.66. The summed E-state index contributed by atoms with van der Waals surface area (Å²) in [6, 6.07) is 13.9. The van der Waals surface area contributed by atoms with Crippen molar-refractivity contribution in [2.24, 2.45) is 0 Å². The number of hydrogen-bond acceptors (Lipinski definition) is 6. The molecule has 0 aliphatic rings. The first kappa shape index (κ1) is 16.7. The second kappa shape index (κ2) is 7.61. The summed E-state index contributed by atoms with van der Waals surface area (Å²) >= 11 is 0. The van der Waals surface area contributed by atoms with Gasteiger partial charge in [-0.25, -0.2) is 0 Å². The van der Waals surface area contributed by atoms with Crippen LogP contribution in [-0.4, -0.2) is 21.8 Å². The van der Waals surface area contributed by atoms with E-state index in [2.05, 4.69) is 38.8 Å². The van der Waals surface area contributed by atoms with Crippen molar-refractivity contribution >= 4 is 23.1 Å². The smallest absolute Gasteiger partial charge is 0.249 e. The van der Waals surface area contributed by atoms with Gasteiger partial charge in [0.05, 0.1) is 18.5 Å². The highest BCUT2D eigenvalue weighted by Gasteiger charge is 2.07. The number of rotatable bonds is 6. The van der Waals surface area contributed by atoms with Crippen molar-refractivity contribution < 1.29 is 4.74 Å². The van der Waals surface area contributed by atoms with E-state index in [-0.39, 0.29) is 0 Å². The van der Waals surface area contributed by atoms with Crippen LogP contribution in [0.2, 0.25) is 0 Å². The van der Waals surface area contributed by atoms with Gasteiger partial charge in [-0.3, -0.25) is 0 Å². The first-order valence-corrected chi connectivity index (χ1v) is 8.18. The second-order valence-electron chi connectivity index (χ2n) is 5.66. The summed E-state index contributed by atoms with van der Waals surface area (Å²) in [5, 5.41) is 14.5. The Labute approximate surface area is 147 Å². The van der Waals surface area contributed by atoms with Gasteiger partial charge in [0, 0.05) is 5.69 Å². The van der Waals surface area contributed by atoms with Gasteiger partial charge in [0.15, 0.2) is 5.82 Å². The van der Waals surface area contributed by atoms with Crippen LogP contribution in [0.15, 0.2) is 48.7 Å². The first-order chi connectivity index (χ1) is 12.2. The van der Waals surface area contributed by atoms with Crippen LogP contribution in [0.1, 0.15) is 18.1 Å². The van der Waals surface area contributed by atoms with Crippen molar-refractivity contribution in [1.82, 2.24) is 15.2 Å². The lowest BCUT2D eigenvalue weighted by atomic mass is 10.1. The zero-order chi connectivity index (χ0) is 17.6. The Balaban J connectivity index is 1.80. The van der Waals surface area contributed by atoms with E-state index >= 15 is 0 Å². The lowest BCUT2D eigenvalue weighted by Crippen LogP contribution is -2.04. The summed E-state index contributed by atoms with van der Waals surface area (Å²) in [6.07, 6.45) is 1.58. The van der Waals surface area contributed by atoms with Crippen LogP contribution in [-0.2, 0) is 0 Å². The zero-order valence-corrected chi connectivity index (χ0v) is 14.6. The molecule has 2 aromatic carbocycles. The summed E-state index contributed by atoms with van der Waals surface area (Å²) in [7, 11) is 0. The Bertz CT molecular complexity index is 866. The number of aryl methyl sites for hydroxylation is 2. The number of nitrogens with zero attached hydrogens (tertiary/aromatic N) is 3. The molecule has 128 valence electrons. The number of para-hydroxylation sites is 2. The lowest BCUT2D eigenvalue weighted by molar-refractivity contribution is 0.342. The van der Waals surface area contributed by atoms with Crippen LogP contribution in [0.25, 0.3) is 0 Å².